The largest absolute Gasteiger partial charge is 0.454 e. The summed E-state index contributed by atoms with van der Waals surface area (Å²) in [6.07, 6.45) is 5.44. The molecule has 6 nitrogen and oxygen atoms in total. The molecule has 118 valence electrons. The van der Waals surface area contributed by atoms with Crippen LogP contribution in [0.3, 0.4) is 0 Å². The van der Waals surface area contributed by atoms with E-state index in [-0.39, 0.29) is 0 Å². The Morgan fingerprint density at radius 3 is 2.83 bits per heavy atom. The van der Waals surface area contributed by atoms with Crippen LogP contribution in [0.2, 0.25) is 0 Å². The Balaban J connectivity index is 1.87. The first kappa shape index (κ1) is 14.2. The summed E-state index contributed by atoms with van der Waals surface area (Å²) in [5.41, 5.74) is 9.87. The predicted molar refractivity (Wildman–Crippen MR) is 90.2 cm³/mol. The molecule has 2 N–H and O–H groups in total. The molecule has 6 heteroatoms. The number of nitrogens with zero attached hydrogens (tertiary/aromatic N) is 3. The minimum Gasteiger partial charge on any atom is -0.454 e. The van der Waals surface area contributed by atoms with Crippen molar-refractivity contribution in [2.24, 2.45) is 12.8 Å². The molecule has 1 amide bonds. The van der Waals surface area contributed by atoms with E-state index in [4.69, 9.17) is 10.2 Å². The van der Waals surface area contributed by atoms with Crippen molar-refractivity contribution in [1.29, 1.82) is 0 Å². The number of furan rings is 1. The first-order chi connectivity index (χ1) is 11.6. The lowest BCUT2D eigenvalue weighted by Gasteiger charge is -2.00. The predicted octanol–water partition coefficient (Wildman–Crippen LogP) is 2.99. The van der Waals surface area contributed by atoms with Gasteiger partial charge in [-0.15, -0.1) is 0 Å². The van der Waals surface area contributed by atoms with E-state index in [1.807, 2.05) is 31.4 Å². The normalized spacial score (nSPS) is 11.0. The molecule has 0 bridgehead atoms. The molecule has 0 unspecified atom stereocenters. The summed E-state index contributed by atoms with van der Waals surface area (Å²) in [4.78, 5) is 15.7. The van der Waals surface area contributed by atoms with Crippen LogP contribution in [0.25, 0.3) is 33.6 Å². The molecule has 24 heavy (non-hydrogen) atoms. The highest BCUT2D eigenvalue weighted by Crippen LogP contribution is 2.33. The summed E-state index contributed by atoms with van der Waals surface area (Å²) in [5.74, 6) is 0.166. The number of fused-ring (bicyclic) bond motifs is 1. The standard InChI is InChI=1S/C18H14N4O2/c1-22-10-13(9-21-22)14-5-6-20-15-8-16(24-17(14)15)11-3-2-4-12(7-11)18(19)23/h2-10H,1H3,(H2,19,23). The Morgan fingerprint density at radius 1 is 1.21 bits per heavy atom. The maximum absolute atomic E-state index is 11.4. The first-order valence-corrected chi connectivity index (χ1v) is 7.39. The third-order valence-corrected chi connectivity index (χ3v) is 3.86. The number of benzene rings is 1. The highest BCUT2D eigenvalue weighted by molar-refractivity contribution is 5.95. The molecular weight excluding hydrogens is 304 g/mol. The van der Waals surface area contributed by atoms with Gasteiger partial charge in [0.2, 0.25) is 5.91 Å². The topological polar surface area (TPSA) is 86.9 Å². The quantitative estimate of drug-likeness (QED) is 0.629. The number of rotatable bonds is 3. The molecule has 1 aromatic carbocycles. The van der Waals surface area contributed by atoms with Gasteiger partial charge < -0.3 is 10.2 Å². The number of aryl methyl sites for hydroxylation is 1. The average Bonchev–Trinajstić information content (AvgIpc) is 3.20. The molecule has 3 heterocycles. The van der Waals surface area contributed by atoms with Gasteiger partial charge in [-0.05, 0) is 18.2 Å². The highest BCUT2D eigenvalue weighted by atomic mass is 16.3. The molecule has 4 rings (SSSR count). The lowest BCUT2D eigenvalue weighted by Crippen LogP contribution is -2.10. The molecule has 0 aliphatic carbocycles. The summed E-state index contributed by atoms with van der Waals surface area (Å²) in [7, 11) is 1.87. The maximum atomic E-state index is 11.4. The molecule has 4 aromatic rings. The summed E-state index contributed by atoms with van der Waals surface area (Å²) in [5, 5.41) is 4.20. The van der Waals surface area contributed by atoms with E-state index in [0.717, 1.165) is 22.2 Å². The number of carbonyl (C=O) groups is 1. The molecule has 0 radical (unpaired) electrons. The zero-order valence-electron chi connectivity index (χ0n) is 12.9. The Labute approximate surface area is 137 Å². The summed E-state index contributed by atoms with van der Waals surface area (Å²) in [6, 6.07) is 10.8. The van der Waals surface area contributed by atoms with Gasteiger partial charge in [-0.25, -0.2) is 0 Å². The number of primary amides is 1. The lowest BCUT2D eigenvalue weighted by molar-refractivity contribution is 0.100. The second-order valence-electron chi connectivity index (χ2n) is 5.53. The van der Waals surface area contributed by atoms with Gasteiger partial charge >= 0.3 is 0 Å². The van der Waals surface area contributed by atoms with E-state index in [1.165, 1.54) is 0 Å². The van der Waals surface area contributed by atoms with E-state index < -0.39 is 5.91 Å². The van der Waals surface area contributed by atoms with Crippen LogP contribution in [0, 0.1) is 0 Å². The Morgan fingerprint density at radius 2 is 2.08 bits per heavy atom. The molecule has 0 fully saturated rings. The van der Waals surface area contributed by atoms with E-state index in [0.29, 0.717) is 16.9 Å². The number of hydrogen-bond donors (Lipinski definition) is 1. The van der Waals surface area contributed by atoms with E-state index in [9.17, 15) is 4.79 Å². The summed E-state index contributed by atoms with van der Waals surface area (Å²) >= 11 is 0. The number of pyridine rings is 1. The first-order valence-electron chi connectivity index (χ1n) is 7.39. The van der Waals surface area contributed by atoms with Crippen LogP contribution in [0.4, 0.5) is 0 Å². The van der Waals surface area contributed by atoms with Crippen molar-refractivity contribution < 1.29 is 9.21 Å². The third-order valence-electron chi connectivity index (χ3n) is 3.86. The van der Waals surface area contributed by atoms with Gasteiger partial charge in [0.1, 0.15) is 11.3 Å². The fraction of sp³-hybridized carbons (Fsp3) is 0.0556. The number of carbonyl (C=O) groups excluding carboxylic acids is 1. The minimum absolute atomic E-state index is 0.438. The van der Waals surface area contributed by atoms with Crippen molar-refractivity contribution in [1.82, 2.24) is 14.8 Å². The van der Waals surface area contributed by atoms with Crippen LogP contribution in [-0.2, 0) is 7.05 Å². The minimum atomic E-state index is -0.470. The van der Waals surface area contributed by atoms with Gasteiger partial charge in [-0.3, -0.25) is 14.5 Å². The van der Waals surface area contributed by atoms with Crippen molar-refractivity contribution in [2.45, 2.75) is 0 Å². The van der Waals surface area contributed by atoms with E-state index in [1.54, 1.807) is 35.3 Å². The fourth-order valence-corrected chi connectivity index (χ4v) is 2.69. The number of hydrogen-bond acceptors (Lipinski definition) is 4. The van der Waals surface area contributed by atoms with Gasteiger partial charge in [0.05, 0.1) is 6.20 Å². The summed E-state index contributed by atoms with van der Waals surface area (Å²) < 4.78 is 7.77. The van der Waals surface area contributed by atoms with Gasteiger partial charge in [0, 0.05) is 47.8 Å². The second kappa shape index (κ2) is 5.34. The van der Waals surface area contributed by atoms with Gasteiger partial charge in [-0.2, -0.15) is 5.10 Å². The zero-order chi connectivity index (χ0) is 16.7. The van der Waals surface area contributed by atoms with Crippen LogP contribution in [0.15, 0.2) is 59.4 Å². The Hall–Kier alpha value is -3.41. The number of amides is 1. The average molecular weight is 318 g/mol. The fourth-order valence-electron chi connectivity index (χ4n) is 2.69. The molecule has 0 atom stereocenters. The maximum Gasteiger partial charge on any atom is 0.248 e. The smallest absolute Gasteiger partial charge is 0.248 e. The van der Waals surface area contributed by atoms with Crippen molar-refractivity contribution in [2.75, 3.05) is 0 Å². The van der Waals surface area contributed by atoms with Crippen molar-refractivity contribution in [3.8, 4) is 22.5 Å². The molecule has 3 aromatic heterocycles. The lowest BCUT2D eigenvalue weighted by atomic mass is 10.1. The second-order valence-corrected chi connectivity index (χ2v) is 5.53. The van der Waals surface area contributed by atoms with Gasteiger partial charge in [0.25, 0.3) is 0 Å². The molecule has 0 saturated heterocycles. The van der Waals surface area contributed by atoms with Crippen molar-refractivity contribution in [3.63, 3.8) is 0 Å². The monoisotopic (exact) mass is 318 g/mol. The molecule has 0 spiro atoms. The van der Waals surface area contributed by atoms with E-state index in [2.05, 4.69) is 10.1 Å². The van der Waals surface area contributed by atoms with Crippen LogP contribution in [-0.4, -0.2) is 20.7 Å². The number of nitrogens with two attached hydrogens (primary N) is 1. The van der Waals surface area contributed by atoms with E-state index >= 15 is 0 Å². The SMILES string of the molecule is Cn1cc(-c2ccnc3cc(-c4cccc(C(N)=O)c4)oc23)cn1. The van der Waals surface area contributed by atoms with Crippen LogP contribution < -0.4 is 5.73 Å². The zero-order valence-corrected chi connectivity index (χ0v) is 12.9. The van der Waals surface area contributed by atoms with Crippen molar-refractivity contribution in [3.05, 3.63) is 60.6 Å². The third kappa shape index (κ3) is 2.34. The molecule has 0 aliphatic heterocycles. The molecule has 0 saturated carbocycles. The molecular formula is C18H14N4O2. The molecule has 0 aliphatic rings. The van der Waals surface area contributed by atoms with Crippen LogP contribution >= 0.6 is 0 Å². The Bertz CT molecular complexity index is 1060. The summed E-state index contributed by atoms with van der Waals surface area (Å²) in [6.45, 7) is 0. The van der Waals surface area contributed by atoms with Crippen molar-refractivity contribution >= 4 is 17.0 Å². The van der Waals surface area contributed by atoms with Gasteiger partial charge in [-0.1, -0.05) is 12.1 Å². The van der Waals surface area contributed by atoms with Crippen LogP contribution in [0.5, 0.6) is 0 Å². The Kier molecular flexibility index (Phi) is 3.16. The number of aromatic nitrogens is 3. The highest BCUT2D eigenvalue weighted by Gasteiger charge is 2.14. The van der Waals surface area contributed by atoms with Crippen LogP contribution in [0.1, 0.15) is 10.4 Å². The van der Waals surface area contributed by atoms with Gasteiger partial charge in [0.15, 0.2) is 5.58 Å².